The van der Waals surface area contributed by atoms with Crippen LogP contribution in [0.15, 0.2) is 48.7 Å². The third-order valence-corrected chi connectivity index (χ3v) is 6.51. The van der Waals surface area contributed by atoms with Gasteiger partial charge in [-0.3, -0.25) is 9.78 Å². The van der Waals surface area contributed by atoms with E-state index in [1.54, 1.807) is 6.92 Å². The Morgan fingerprint density at radius 2 is 1.85 bits per heavy atom. The molecule has 1 aromatic heterocycles. The highest BCUT2D eigenvalue weighted by atomic mass is 16.5. The summed E-state index contributed by atoms with van der Waals surface area (Å²) in [4.78, 5) is 17.8. The van der Waals surface area contributed by atoms with E-state index in [1.807, 2.05) is 58.2 Å². The van der Waals surface area contributed by atoms with Crippen LogP contribution >= 0.6 is 0 Å². The normalized spacial score (nSPS) is 14.3. The maximum atomic E-state index is 13.0. The van der Waals surface area contributed by atoms with Crippen LogP contribution in [0.25, 0.3) is 32.8 Å². The summed E-state index contributed by atoms with van der Waals surface area (Å²) in [7, 11) is 0. The van der Waals surface area contributed by atoms with Crippen LogP contribution in [0.3, 0.4) is 0 Å². The summed E-state index contributed by atoms with van der Waals surface area (Å²) in [6.07, 6.45) is 1.94. The largest absolute Gasteiger partial charge is 0.493 e. The van der Waals surface area contributed by atoms with E-state index in [9.17, 15) is 4.79 Å². The first-order chi connectivity index (χ1) is 16.2. The zero-order valence-corrected chi connectivity index (χ0v) is 20.4. The third kappa shape index (κ3) is 3.61. The minimum atomic E-state index is -0.760. The number of rotatable bonds is 4. The molecule has 0 spiro atoms. The first-order valence-electron chi connectivity index (χ1n) is 11.7. The van der Waals surface area contributed by atoms with Crippen molar-refractivity contribution in [2.45, 2.75) is 52.7 Å². The first kappa shape index (κ1) is 22.4. The van der Waals surface area contributed by atoms with E-state index in [2.05, 4.69) is 18.2 Å². The molecule has 174 valence electrons. The van der Waals surface area contributed by atoms with E-state index in [1.165, 1.54) is 5.56 Å². The highest BCUT2D eigenvalue weighted by Gasteiger charge is 2.31. The number of fused-ring (bicyclic) bond motifs is 1. The zero-order chi connectivity index (χ0) is 24.2. The second kappa shape index (κ2) is 8.10. The molecule has 0 amide bonds. The van der Waals surface area contributed by atoms with Crippen molar-refractivity contribution in [2.75, 3.05) is 12.3 Å². The minimum Gasteiger partial charge on any atom is -0.493 e. The number of carbonyl (C=O) groups is 1. The topological polar surface area (TPSA) is 74.4 Å². The third-order valence-electron chi connectivity index (χ3n) is 6.51. The first-order valence-corrected chi connectivity index (χ1v) is 11.7. The standard InChI is InChI=1S/C29H30N2O3/c1-16-23(28(17(2)32)34-29(3,4)5)25(19-8-6-7-9-20(19)26(16)30)21-10-11-22-24-18(13-15-33-22)12-14-31-27(21)24/h6-12,14,28H,13,15,30H2,1-5H3. The molecule has 3 aromatic carbocycles. The van der Waals surface area contributed by atoms with Crippen LogP contribution in [0, 0.1) is 6.92 Å². The molecular formula is C29H30N2O3. The molecular weight excluding hydrogens is 424 g/mol. The molecule has 0 aliphatic carbocycles. The van der Waals surface area contributed by atoms with Crippen molar-refractivity contribution in [3.05, 3.63) is 65.4 Å². The second-order valence-electron chi connectivity index (χ2n) is 10.00. The van der Waals surface area contributed by atoms with Crippen molar-refractivity contribution in [3.63, 3.8) is 0 Å². The van der Waals surface area contributed by atoms with Crippen LogP contribution in [0.1, 0.15) is 50.5 Å². The molecule has 0 fully saturated rings. The Morgan fingerprint density at radius 3 is 2.56 bits per heavy atom. The number of aromatic nitrogens is 1. The number of hydrogen-bond acceptors (Lipinski definition) is 5. The highest BCUT2D eigenvalue weighted by molar-refractivity contribution is 6.12. The van der Waals surface area contributed by atoms with Gasteiger partial charge in [-0.1, -0.05) is 24.3 Å². The number of hydrogen-bond donors (Lipinski definition) is 1. The Balaban J connectivity index is 1.94. The van der Waals surface area contributed by atoms with Crippen molar-refractivity contribution in [1.29, 1.82) is 0 Å². The van der Waals surface area contributed by atoms with E-state index >= 15 is 0 Å². The second-order valence-corrected chi connectivity index (χ2v) is 10.00. The lowest BCUT2D eigenvalue weighted by Gasteiger charge is -2.30. The number of carbonyl (C=O) groups excluding carboxylic acids is 1. The van der Waals surface area contributed by atoms with E-state index < -0.39 is 11.7 Å². The lowest BCUT2D eigenvalue weighted by atomic mass is 9.84. The number of ether oxygens (including phenoxy) is 2. The molecule has 5 nitrogen and oxygen atoms in total. The molecule has 4 aromatic rings. The number of benzene rings is 3. The smallest absolute Gasteiger partial charge is 0.163 e. The van der Waals surface area contributed by atoms with Crippen molar-refractivity contribution < 1.29 is 14.3 Å². The predicted octanol–water partition coefficient (Wildman–Crippen LogP) is 6.33. The van der Waals surface area contributed by atoms with Gasteiger partial charge in [0.05, 0.1) is 17.7 Å². The number of nitrogen functional groups attached to an aromatic ring is 1. The number of ketones is 1. The minimum absolute atomic E-state index is 0.0621. The Morgan fingerprint density at radius 1 is 1.12 bits per heavy atom. The van der Waals surface area contributed by atoms with Gasteiger partial charge < -0.3 is 15.2 Å². The average Bonchev–Trinajstić information content (AvgIpc) is 2.80. The molecule has 1 aliphatic rings. The van der Waals surface area contributed by atoms with Crippen LogP contribution in [-0.2, 0) is 16.0 Å². The van der Waals surface area contributed by atoms with Crippen molar-refractivity contribution in [1.82, 2.24) is 4.98 Å². The SMILES string of the molecule is CC(=O)C(OC(C)(C)C)c1c(C)c(N)c2ccccc2c1-c1ccc2c3c(ccnc13)CCO2. The van der Waals surface area contributed by atoms with Gasteiger partial charge in [-0.25, -0.2) is 0 Å². The predicted molar refractivity (Wildman–Crippen MR) is 137 cm³/mol. The van der Waals surface area contributed by atoms with Crippen LogP contribution in [0.4, 0.5) is 5.69 Å². The molecule has 5 rings (SSSR count). The summed E-state index contributed by atoms with van der Waals surface area (Å²) in [6.45, 7) is 10.1. The highest BCUT2D eigenvalue weighted by Crippen LogP contribution is 2.47. The van der Waals surface area contributed by atoms with Gasteiger partial charge in [0.15, 0.2) is 5.78 Å². The van der Waals surface area contributed by atoms with E-state index in [-0.39, 0.29) is 5.78 Å². The summed E-state index contributed by atoms with van der Waals surface area (Å²) < 4.78 is 12.3. The zero-order valence-electron chi connectivity index (χ0n) is 20.4. The lowest BCUT2D eigenvalue weighted by molar-refractivity contribution is -0.138. The van der Waals surface area contributed by atoms with Gasteiger partial charge >= 0.3 is 0 Å². The molecule has 0 saturated heterocycles. The van der Waals surface area contributed by atoms with E-state index in [4.69, 9.17) is 20.2 Å². The maximum Gasteiger partial charge on any atom is 0.163 e. The lowest BCUT2D eigenvalue weighted by Crippen LogP contribution is -2.27. The number of pyridine rings is 1. The van der Waals surface area contributed by atoms with Crippen molar-refractivity contribution in [3.8, 4) is 16.9 Å². The molecule has 1 atom stereocenters. The van der Waals surface area contributed by atoms with Crippen LogP contribution in [0.5, 0.6) is 5.75 Å². The van der Waals surface area contributed by atoms with Gasteiger partial charge in [0, 0.05) is 40.2 Å². The number of nitrogens with zero attached hydrogens (tertiary/aromatic N) is 1. The van der Waals surface area contributed by atoms with Crippen LogP contribution in [0.2, 0.25) is 0 Å². The summed E-state index contributed by atoms with van der Waals surface area (Å²) in [5, 5.41) is 2.96. The molecule has 1 unspecified atom stereocenters. The fraction of sp³-hybridized carbons (Fsp3) is 0.310. The fourth-order valence-corrected chi connectivity index (χ4v) is 5.04. The molecule has 2 N–H and O–H groups in total. The molecule has 0 radical (unpaired) electrons. The number of Topliss-reactive ketones (excluding diaryl/α,β-unsaturated/α-hetero) is 1. The number of nitrogens with two attached hydrogens (primary N) is 1. The summed E-state index contributed by atoms with van der Waals surface area (Å²) in [6, 6.07) is 14.2. The quantitative estimate of drug-likeness (QED) is 0.365. The van der Waals surface area contributed by atoms with Gasteiger partial charge in [0.1, 0.15) is 11.9 Å². The van der Waals surface area contributed by atoms with Crippen LogP contribution < -0.4 is 10.5 Å². The Labute approximate surface area is 199 Å². The van der Waals surface area contributed by atoms with Gasteiger partial charge in [0.2, 0.25) is 0 Å². The van der Waals surface area contributed by atoms with E-state index in [0.717, 1.165) is 56.1 Å². The summed E-state index contributed by atoms with van der Waals surface area (Å²) >= 11 is 0. The molecule has 0 bridgehead atoms. The van der Waals surface area contributed by atoms with Gasteiger partial charge in [0.25, 0.3) is 0 Å². The monoisotopic (exact) mass is 454 g/mol. The maximum absolute atomic E-state index is 13.0. The average molecular weight is 455 g/mol. The van der Waals surface area contributed by atoms with Crippen molar-refractivity contribution in [2.24, 2.45) is 0 Å². The Bertz CT molecular complexity index is 1440. The molecule has 34 heavy (non-hydrogen) atoms. The van der Waals surface area contributed by atoms with Crippen molar-refractivity contribution >= 4 is 33.1 Å². The summed E-state index contributed by atoms with van der Waals surface area (Å²) in [5.41, 5.74) is 12.4. The van der Waals surface area contributed by atoms with Gasteiger partial charge in [-0.15, -0.1) is 0 Å². The molecule has 1 aliphatic heterocycles. The van der Waals surface area contributed by atoms with Gasteiger partial charge in [-0.2, -0.15) is 0 Å². The Hall–Kier alpha value is -3.44. The van der Waals surface area contributed by atoms with Crippen LogP contribution in [-0.4, -0.2) is 23.0 Å². The fourth-order valence-electron chi connectivity index (χ4n) is 5.04. The molecule has 2 heterocycles. The van der Waals surface area contributed by atoms with Gasteiger partial charge in [-0.05, 0) is 74.9 Å². The Kier molecular flexibility index (Phi) is 5.33. The summed E-state index contributed by atoms with van der Waals surface area (Å²) in [5.74, 6) is 0.785. The number of anilines is 1. The molecule has 0 saturated carbocycles. The van der Waals surface area contributed by atoms with E-state index in [0.29, 0.717) is 12.3 Å². The molecule has 5 heteroatoms.